The van der Waals surface area contributed by atoms with Crippen molar-refractivity contribution in [3.63, 3.8) is 0 Å². The predicted octanol–water partition coefficient (Wildman–Crippen LogP) is -0.936. The van der Waals surface area contributed by atoms with Crippen molar-refractivity contribution in [2.24, 2.45) is 11.7 Å². The van der Waals surface area contributed by atoms with Crippen molar-refractivity contribution in [3.8, 4) is 0 Å². The number of hydrogen-bond acceptors (Lipinski definition) is 7. The van der Waals surface area contributed by atoms with Gasteiger partial charge in [0.15, 0.2) is 0 Å². The fourth-order valence-corrected chi connectivity index (χ4v) is 2.99. The Morgan fingerprint density at radius 2 is 1.59 bits per heavy atom. The Kier molecular flexibility index (Phi) is 11.7. The van der Waals surface area contributed by atoms with Crippen molar-refractivity contribution in [3.05, 3.63) is 35.9 Å². The molecule has 0 saturated carbocycles. The SMILES string of the molecule is CCC(C)C(NC(=O)C(N)CS)C(=O)NC(CO)C(=O)NC(Cc1ccccc1)C(=O)O. The molecule has 3 amide bonds. The average Bonchev–Trinajstić information content (AvgIpc) is 2.79. The zero-order chi connectivity index (χ0) is 24.3. The molecule has 7 N–H and O–H groups in total. The van der Waals surface area contributed by atoms with Gasteiger partial charge in [-0.15, -0.1) is 0 Å². The highest BCUT2D eigenvalue weighted by Gasteiger charge is 2.32. The summed E-state index contributed by atoms with van der Waals surface area (Å²) in [5, 5.41) is 26.4. The number of hydrogen-bond donors (Lipinski definition) is 7. The van der Waals surface area contributed by atoms with Crippen LogP contribution in [-0.4, -0.2) is 70.4 Å². The fraction of sp³-hybridized carbons (Fsp3) is 0.524. The molecule has 178 valence electrons. The first-order chi connectivity index (χ1) is 15.1. The molecule has 0 saturated heterocycles. The van der Waals surface area contributed by atoms with E-state index in [9.17, 15) is 29.4 Å². The lowest BCUT2D eigenvalue weighted by molar-refractivity contribution is -0.142. The van der Waals surface area contributed by atoms with Crippen LogP contribution >= 0.6 is 12.6 Å². The van der Waals surface area contributed by atoms with Gasteiger partial charge in [-0.3, -0.25) is 14.4 Å². The van der Waals surface area contributed by atoms with Gasteiger partial charge in [-0.2, -0.15) is 12.6 Å². The van der Waals surface area contributed by atoms with Gasteiger partial charge in [0.05, 0.1) is 12.6 Å². The van der Waals surface area contributed by atoms with Gasteiger partial charge in [0.25, 0.3) is 0 Å². The Bertz CT molecular complexity index is 779. The first-order valence-electron chi connectivity index (χ1n) is 10.3. The van der Waals surface area contributed by atoms with Crippen LogP contribution in [0.25, 0.3) is 0 Å². The highest BCUT2D eigenvalue weighted by Crippen LogP contribution is 2.09. The van der Waals surface area contributed by atoms with E-state index in [1.54, 1.807) is 37.3 Å². The summed E-state index contributed by atoms with van der Waals surface area (Å²) in [5.41, 5.74) is 6.35. The minimum Gasteiger partial charge on any atom is -0.480 e. The summed E-state index contributed by atoms with van der Waals surface area (Å²) in [6.07, 6.45) is 0.573. The zero-order valence-electron chi connectivity index (χ0n) is 18.2. The third-order valence-electron chi connectivity index (χ3n) is 5.04. The molecule has 0 aliphatic carbocycles. The van der Waals surface area contributed by atoms with E-state index in [4.69, 9.17) is 5.73 Å². The number of amides is 3. The third kappa shape index (κ3) is 8.48. The maximum absolute atomic E-state index is 12.8. The van der Waals surface area contributed by atoms with Crippen molar-refractivity contribution >= 4 is 36.3 Å². The van der Waals surface area contributed by atoms with E-state index in [-0.39, 0.29) is 18.1 Å². The molecule has 0 aliphatic rings. The number of carboxylic acids is 1. The molecule has 1 rings (SSSR count). The molecule has 0 aromatic heterocycles. The number of nitrogens with two attached hydrogens (primary N) is 1. The molecular formula is C21H32N4O6S. The summed E-state index contributed by atoms with van der Waals surface area (Å²) in [7, 11) is 0. The van der Waals surface area contributed by atoms with Crippen LogP contribution < -0.4 is 21.7 Å². The molecule has 32 heavy (non-hydrogen) atoms. The molecule has 11 heteroatoms. The van der Waals surface area contributed by atoms with Crippen LogP contribution in [0.3, 0.4) is 0 Å². The summed E-state index contributed by atoms with van der Waals surface area (Å²) in [6, 6.07) is 4.15. The van der Waals surface area contributed by atoms with Gasteiger partial charge < -0.3 is 31.9 Å². The summed E-state index contributed by atoms with van der Waals surface area (Å²) in [6.45, 7) is 2.81. The Balaban J connectivity index is 2.88. The number of aliphatic carboxylic acids is 1. The quantitative estimate of drug-likeness (QED) is 0.183. The topological polar surface area (TPSA) is 171 Å². The van der Waals surface area contributed by atoms with E-state index < -0.39 is 54.5 Å². The zero-order valence-corrected chi connectivity index (χ0v) is 19.0. The van der Waals surface area contributed by atoms with E-state index in [1.807, 2.05) is 6.92 Å². The third-order valence-corrected chi connectivity index (χ3v) is 5.43. The van der Waals surface area contributed by atoms with E-state index in [0.29, 0.717) is 12.0 Å². The number of carbonyl (C=O) groups excluding carboxylic acids is 3. The van der Waals surface area contributed by atoms with E-state index in [1.165, 1.54) is 0 Å². The van der Waals surface area contributed by atoms with Crippen molar-refractivity contribution in [1.82, 2.24) is 16.0 Å². The number of aliphatic hydroxyl groups is 1. The maximum atomic E-state index is 12.8. The molecule has 0 bridgehead atoms. The molecule has 1 aromatic carbocycles. The summed E-state index contributed by atoms with van der Waals surface area (Å²) in [5.74, 6) is -3.58. The number of rotatable bonds is 13. The number of benzene rings is 1. The molecule has 10 nitrogen and oxygen atoms in total. The lowest BCUT2D eigenvalue weighted by Crippen LogP contribution is -2.59. The second-order valence-corrected chi connectivity index (χ2v) is 7.86. The molecule has 5 atom stereocenters. The number of aliphatic hydroxyl groups excluding tert-OH is 1. The highest BCUT2D eigenvalue weighted by atomic mass is 32.1. The predicted molar refractivity (Wildman–Crippen MR) is 122 cm³/mol. The van der Waals surface area contributed by atoms with Gasteiger partial charge in [0.1, 0.15) is 18.1 Å². The van der Waals surface area contributed by atoms with Crippen LogP contribution in [0.4, 0.5) is 0 Å². The van der Waals surface area contributed by atoms with Crippen molar-refractivity contribution in [2.45, 2.75) is 50.9 Å². The van der Waals surface area contributed by atoms with Crippen LogP contribution in [0.2, 0.25) is 0 Å². The summed E-state index contributed by atoms with van der Waals surface area (Å²) >= 11 is 3.96. The summed E-state index contributed by atoms with van der Waals surface area (Å²) < 4.78 is 0. The van der Waals surface area contributed by atoms with Gasteiger partial charge >= 0.3 is 5.97 Å². The van der Waals surface area contributed by atoms with Crippen LogP contribution in [-0.2, 0) is 25.6 Å². The minimum atomic E-state index is -1.40. The number of thiol groups is 1. The van der Waals surface area contributed by atoms with Crippen LogP contribution in [0.5, 0.6) is 0 Å². The Morgan fingerprint density at radius 1 is 1.00 bits per heavy atom. The monoisotopic (exact) mass is 468 g/mol. The van der Waals surface area contributed by atoms with Crippen LogP contribution in [0, 0.1) is 5.92 Å². The van der Waals surface area contributed by atoms with Gasteiger partial charge in [0, 0.05) is 12.2 Å². The molecule has 0 spiro atoms. The van der Waals surface area contributed by atoms with Crippen molar-refractivity contribution in [2.75, 3.05) is 12.4 Å². The largest absolute Gasteiger partial charge is 0.480 e. The van der Waals surface area contributed by atoms with E-state index in [0.717, 1.165) is 0 Å². The van der Waals surface area contributed by atoms with E-state index >= 15 is 0 Å². The smallest absolute Gasteiger partial charge is 0.326 e. The molecule has 0 fully saturated rings. The van der Waals surface area contributed by atoms with Crippen LogP contribution in [0.15, 0.2) is 30.3 Å². The molecule has 0 heterocycles. The Morgan fingerprint density at radius 3 is 2.09 bits per heavy atom. The van der Waals surface area contributed by atoms with Crippen molar-refractivity contribution < 1.29 is 29.4 Å². The van der Waals surface area contributed by atoms with Gasteiger partial charge in [-0.25, -0.2) is 4.79 Å². The molecular weight excluding hydrogens is 436 g/mol. The lowest BCUT2D eigenvalue weighted by Gasteiger charge is -2.27. The Labute approximate surface area is 192 Å². The lowest BCUT2D eigenvalue weighted by atomic mass is 9.97. The van der Waals surface area contributed by atoms with Gasteiger partial charge in [0.2, 0.25) is 17.7 Å². The molecule has 5 unspecified atom stereocenters. The molecule has 0 radical (unpaired) electrons. The first kappa shape index (κ1) is 27.4. The van der Waals surface area contributed by atoms with Gasteiger partial charge in [-0.1, -0.05) is 50.6 Å². The number of nitrogens with one attached hydrogen (secondary N) is 3. The first-order valence-corrected chi connectivity index (χ1v) is 10.9. The Hall–Kier alpha value is -2.63. The van der Waals surface area contributed by atoms with Crippen molar-refractivity contribution in [1.29, 1.82) is 0 Å². The van der Waals surface area contributed by atoms with Crippen LogP contribution in [0.1, 0.15) is 25.8 Å². The minimum absolute atomic E-state index is 0.0289. The van der Waals surface area contributed by atoms with E-state index in [2.05, 4.69) is 28.6 Å². The number of carbonyl (C=O) groups is 4. The normalized spacial score (nSPS) is 15.5. The van der Waals surface area contributed by atoms with Gasteiger partial charge in [-0.05, 0) is 11.5 Å². The fourth-order valence-electron chi connectivity index (χ4n) is 2.82. The maximum Gasteiger partial charge on any atom is 0.326 e. The standard InChI is InChI=1S/C21H32N4O6S/c1-3-12(2)17(25-18(27)14(22)11-32)20(29)24-16(10-26)19(28)23-15(21(30)31)9-13-7-5-4-6-8-13/h4-8,12,14-17,26,32H,3,9-11,22H2,1-2H3,(H,23,28)(H,24,29)(H,25,27)(H,30,31). The molecule has 0 aliphatic heterocycles. The number of carboxylic acid groups (broad SMARTS) is 1. The second kappa shape index (κ2) is 13.7. The highest BCUT2D eigenvalue weighted by molar-refractivity contribution is 7.80. The second-order valence-electron chi connectivity index (χ2n) is 7.49. The summed E-state index contributed by atoms with van der Waals surface area (Å²) in [4.78, 5) is 49.1. The average molecular weight is 469 g/mol. The molecule has 1 aromatic rings.